The third-order valence-electron chi connectivity index (χ3n) is 2.12. The smallest absolute Gasteiger partial charge is 0.253 e. The first-order chi connectivity index (χ1) is 8.17. The number of nitrogens with one attached hydrogen (secondary N) is 2. The van der Waals surface area contributed by atoms with Crippen molar-refractivity contribution in [3.05, 3.63) is 23.9 Å². The topological polar surface area (TPSA) is 80.0 Å². The molecular weight excluding hydrogens is 236 g/mol. The van der Waals surface area contributed by atoms with Gasteiger partial charge in [0.05, 0.1) is 5.56 Å². The highest BCUT2D eigenvalue weighted by Gasteiger charge is 2.09. The Labute approximate surface area is 106 Å². The van der Waals surface area contributed by atoms with E-state index < -0.39 is 0 Å². The second-order valence-electron chi connectivity index (χ2n) is 3.61. The third kappa shape index (κ3) is 4.62. The van der Waals surface area contributed by atoms with Crippen LogP contribution in [0.15, 0.2) is 18.3 Å². The first-order valence-electron chi connectivity index (χ1n) is 5.48. The summed E-state index contributed by atoms with van der Waals surface area (Å²) in [5.41, 5.74) is 2.95. The molecule has 0 radical (unpaired) electrons. The van der Waals surface area contributed by atoms with Crippen LogP contribution < -0.4 is 16.6 Å². The standard InChI is InChI=1S/C11H18N4OS/c1-3-17-7-8(2)14-11(16)9-4-5-10(15-12)13-6-9/h4-6,8H,3,7,12H2,1-2H3,(H,13,15)(H,14,16). The highest BCUT2D eigenvalue weighted by molar-refractivity contribution is 7.99. The minimum atomic E-state index is -0.106. The van der Waals surface area contributed by atoms with E-state index in [0.717, 1.165) is 11.5 Å². The summed E-state index contributed by atoms with van der Waals surface area (Å²) in [6.07, 6.45) is 1.50. The average molecular weight is 254 g/mol. The lowest BCUT2D eigenvalue weighted by molar-refractivity contribution is 0.0943. The number of pyridine rings is 1. The molecule has 5 nitrogen and oxygen atoms in total. The van der Waals surface area contributed by atoms with Crippen LogP contribution in [-0.2, 0) is 0 Å². The van der Waals surface area contributed by atoms with E-state index in [1.54, 1.807) is 23.9 Å². The molecule has 0 aliphatic rings. The number of thioether (sulfide) groups is 1. The molecule has 94 valence electrons. The van der Waals surface area contributed by atoms with E-state index in [-0.39, 0.29) is 11.9 Å². The summed E-state index contributed by atoms with van der Waals surface area (Å²) in [5, 5.41) is 2.92. The molecule has 17 heavy (non-hydrogen) atoms. The summed E-state index contributed by atoms with van der Waals surface area (Å²) < 4.78 is 0. The van der Waals surface area contributed by atoms with Gasteiger partial charge in [-0.3, -0.25) is 4.79 Å². The molecule has 0 aliphatic heterocycles. The Morgan fingerprint density at radius 2 is 2.35 bits per heavy atom. The Morgan fingerprint density at radius 1 is 1.59 bits per heavy atom. The van der Waals surface area contributed by atoms with Gasteiger partial charge in [0.25, 0.3) is 5.91 Å². The maximum absolute atomic E-state index is 11.8. The molecule has 1 aromatic rings. The zero-order chi connectivity index (χ0) is 12.7. The number of anilines is 1. The van der Waals surface area contributed by atoms with E-state index in [1.165, 1.54) is 6.20 Å². The van der Waals surface area contributed by atoms with Crippen molar-refractivity contribution < 1.29 is 4.79 Å². The minimum absolute atomic E-state index is 0.106. The number of carbonyl (C=O) groups is 1. The van der Waals surface area contributed by atoms with Crippen LogP contribution in [0.3, 0.4) is 0 Å². The van der Waals surface area contributed by atoms with E-state index in [4.69, 9.17) is 5.84 Å². The van der Waals surface area contributed by atoms with Gasteiger partial charge in [0.2, 0.25) is 0 Å². The largest absolute Gasteiger partial charge is 0.349 e. The molecule has 0 aliphatic carbocycles. The fourth-order valence-electron chi connectivity index (χ4n) is 1.26. The summed E-state index contributed by atoms with van der Waals surface area (Å²) in [7, 11) is 0. The Hall–Kier alpha value is -1.27. The van der Waals surface area contributed by atoms with Crippen molar-refractivity contribution in [3.8, 4) is 0 Å². The van der Waals surface area contributed by atoms with Crippen molar-refractivity contribution in [1.29, 1.82) is 0 Å². The van der Waals surface area contributed by atoms with E-state index in [0.29, 0.717) is 11.4 Å². The van der Waals surface area contributed by atoms with E-state index in [2.05, 4.69) is 22.7 Å². The van der Waals surface area contributed by atoms with Gasteiger partial charge in [0.15, 0.2) is 0 Å². The van der Waals surface area contributed by atoms with E-state index in [9.17, 15) is 4.79 Å². The van der Waals surface area contributed by atoms with Gasteiger partial charge in [-0.25, -0.2) is 10.8 Å². The van der Waals surface area contributed by atoms with Crippen LogP contribution in [0.2, 0.25) is 0 Å². The average Bonchev–Trinajstić information content (AvgIpc) is 2.36. The van der Waals surface area contributed by atoms with E-state index >= 15 is 0 Å². The predicted octanol–water partition coefficient (Wildman–Crippen LogP) is 1.24. The van der Waals surface area contributed by atoms with Crippen molar-refractivity contribution in [2.75, 3.05) is 16.9 Å². The molecule has 0 bridgehead atoms. The number of hydrazine groups is 1. The summed E-state index contributed by atoms with van der Waals surface area (Å²) >= 11 is 1.80. The number of nitrogen functional groups attached to an aromatic ring is 1. The number of amides is 1. The molecular formula is C11H18N4OS. The highest BCUT2D eigenvalue weighted by atomic mass is 32.2. The second kappa shape index (κ2) is 7.13. The molecule has 1 aromatic heterocycles. The van der Waals surface area contributed by atoms with Crippen LogP contribution in [0.5, 0.6) is 0 Å². The molecule has 1 rings (SSSR count). The lowest BCUT2D eigenvalue weighted by atomic mass is 10.2. The molecule has 0 saturated heterocycles. The van der Waals surface area contributed by atoms with Crippen LogP contribution in [-0.4, -0.2) is 28.4 Å². The number of hydrogen-bond acceptors (Lipinski definition) is 5. The van der Waals surface area contributed by atoms with Crippen molar-refractivity contribution >= 4 is 23.5 Å². The van der Waals surface area contributed by atoms with Crippen LogP contribution in [0.4, 0.5) is 5.82 Å². The predicted molar refractivity (Wildman–Crippen MR) is 72.0 cm³/mol. The minimum Gasteiger partial charge on any atom is -0.349 e. The first kappa shape index (κ1) is 13.8. The van der Waals surface area contributed by atoms with Gasteiger partial charge in [-0.05, 0) is 24.8 Å². The molecule has 0 spiro atoms. The Morgan fingerprint density at radius 3 is 2.88 bits per heavy atom. The molecule has 1 heterocycles. The van der Waals surface area contributed by atoms with Gasteiger partial charge in [0.1, 0.15) is 5.82 Å². The number of nitrogens with two attached hydrogens (primary N) is 1. The normalized spacial score (nSPS) is 11.9. The third-order valence-corrected chi connectivity index (χ3v) is 3.27. The molecule has 0 fully saturated rings. The van der Waals surface area contributed by atoms with Crippen molar-refractivity contribution in [3.63, 3.8) is 0 Å². The molecule has 1 unspecified atom stereocenters. The van der Waals surface area contributed by atoms with Gasteiger partial charge in [-0.15, -0.1) is 0 Å². The molecule has 0 aromatic carbocycles. The van der Waals surface area contributed by atoms with Crippen LogP contribution >= 0.6 is 11.8 Å². The number of hydrogen-bond donors (Lipinski definition) is 3. The monoisotopic (exact) mass is 254 g/mol. The van der Waals surface area contributed by atoms with Crippen molar-refractivity contribution in [1.82, 2.24) is 10.3 Å². The van der Waals surface area contributed by atoms with Crippen LogP contribution in [0.25, 0.3) is 0 Å². The summed E-state index contributed by atoms with van der Waals surface area (Å²) in [5.74, 6) is 7.60. The Balaban J connectivity index is 2.51. The highest BCUT2D eigenvalue weighted by Crippen LogP contribution is 2.05. The number of rotatable bonds is 6. The Kier molecular flexibility index (Phi) is 5.79. The number of nitrogens with zero attached hydrogens (tertiary/aromatic N) is 1. The molecule has 0 saturated carbocycles. The van der Waals surface area contributed by atoms with E-state index in [1.807, 2.05) is 6.92 Å². The van der Waals surface area contributed by atoms with Crippen LogP contribution in [0.1, 0.15) is 24.2 Å². The van der Waals surface area contributed by atoms with Crippen LogP contribution in [0, 0.1) is 0 Å². The molecule has 1 atom stereocenters. The van der Waals surface area contributed by atoms with Gasteiger partial charge in [0, 0.05) is 18.0 Å². The fourth-order valence-corrected chi connectivity index (χ4v) is 1.93. The molecule has 6 heteroatoms. The zero-order valence-electron chi connectivity index (χ0n) is 10.1. The van der Waals surface area contributed by atoms with Crippen molar-refractivity contribution in [2.24, 2.45) is 5.84 Å². The SMILES string of the molecule is CCSCC(C)NC(=O)c1ccc(NN)nc1. The fraction of sp³-hybridized carbons (Fsp3) is 0.455. The first-order valence-corrected chi connectivity index (χ1v) is 6.64. The molecule has 4 N–H and O–H groups in total. The Bertz CT molecular complexity index is 355. The lowest BCUT2D eigenvalue weighted by Gasteiger charge is -2.13. The zero-order valence-corrected chi connectivity index (χ0v) is 10.9. The molecule has 1 amide bonds. The second-order valence-corrected chi connectivity index (χ2v) is 4.93. The van der Waals surface area contributed by atoms with Gasteiger partial charge < -0.3 is 10.7 Å². The maximum atomic E-state index is 11.8. The summed E-state index contributed by atoms with van der Waals surface area (Å²) in [6.45, 7) is 4.09. The quantitative estimate of drug-likeness (QED) is 0.526. The van der Waals surface area contributed by atoms with Crippen molar-refractivity contribution in [2.45, 2.75) is 19.9 Å². The number of aromatic nitrogens is 1. The van der Waals surface area contributed by atoms with Gasteiger partial charge >= 0.3 is 0 Å². The van der Waals surface area contributed by atoms with Gasteiger partial charge in [-0.2, -0.15) is 11.8 Å². The lowest BCUT2D eigenvalue weighted by Crippen LogP contribution is -2.34. The summed E-state index contributed by atoms with van der Waals surface area (Å²) in [4.78, 5) is 15.8. The summed E-state index contributed by atoms with van der Waals surface area (Å²) in [6, 6.07) is 3.51. The number of carbonyl (C=O) groups excluding carboxylic acids is 1. The maximum Gasteiger partial charge on any atom is 0.253 e. The van der Waals surface area contributed by atoms with Gasteiger partial charge in [-0.1, -0.05) is 6.92 Å².